The number of carbonyl (C=O) groups excluding carboxylic acids is 2. The average Bonchev–Trinajstić information content (AvgIpc) is 1.98. The Balaban J connectivity index is 3.68. The van der Waals surface area contributed by atoms with Crippen molar-refractivity contribution in [2.75, 3.05) is 0 Å². The van der Waals surface area contributed by atoms with Gasteiger partial charge in [0.2, 0.25) is 0 Å². The van der Waals surface area contributed by atoms with Gasteiger partial charge in [-0.25, -0.2) is 0 Å². The molecule has 0 aliphatic rings. The van der Waals surface area contributed by atoms with Crippen LogP contribution >= 0.6 is 0 Å². The molecule has 0 rings (SSSR count). The van der Waals surface area contributed by atoms with Crippen LogP contribution in [0, 0.1) is 4.91 Å². The number of ketones is 1. The van der Waals surface area contributed by atoms with Crippen LogP contribution < -0.4 is 5.73 Å². The van der Waals surface area contributed by atoms with Gasteiger partial charge in [0.15, 0.2) is 0 Å². The highest BCUT2D eigenvalue weighted by Crippen LogP contribution is 1.96. The molecule has 0 aliphatic heterocycles. The van der Waals surface area contributed by atoms with Crippen LogP contribution in [-0.4, -0.2) is 17.7 Å². The zero-order valence-corrected chi connectivity index (χ0v) is 6.24. The predicted molar refractivity (Wildman–Crippen MR) is 38.7 cm³/mol. The molecule has 0 aliphatic carbocycles. The van der Waals surface area contributed by atoms with E-state index in [0.29, 0.717) is 0 Å². The topological polar surface area (TPSA) is 89.6 Å². The van der Waals surface area contributed by atoms with Gasteiger partial charge >= 0.3 is 5.91 Å². The molecule has 0 saturated heterocycles. The van der Waals surface area contributed by atoms with E-state index >= 15 is 0 Å². The molecule has 11 heavy (non-hydrogen) atoms. The van der Waals surface area contributed by atoms with Crippen molar-refractivity contribution >= 4 is 11.7 Å². The molecule has 1 atom stereocenters. The zero-order valence-electron chi connectivity index (χ0n) is 6.24. The highest BCUT2D eigenvalue weighted by molar-refractivity contribution is 5.83. The maximum absolute atomic E-state index is 10.4. The fourth-order valence-electron chi connectivity index (χ4n) is 0.550. The summed E-state index contributed by atoms with van der Waals surface area (Å²) in [4.78, 5) is 30.4. The van der Waals surface area contributed by atoms with Gasteiger partial charge in [-0.1, -0.05) is 0 Å². The van der Waals surface area contributed by atoms with Crippen LogP contribution in [0.15, 0.2) is 5.18 Å². The summed E-state index contributed by atoms with van der Waals surface area (Å²) in [5, 5.41) is 2.14. The Bertz CT molecular complexity index is 179. The Kier molecular flexibility index (Phi) is 4.21. The number of hydrogen-bond donors (Lipinski definition) is 1. The van der Waals surface area contributed by atoms with E-state index in [-0.39, 0.29) is 18.6 Å². The summed E-state index contributed by atoms with van der Waals surface area (Å²) < 4.78 is 0. The Morgan fingerprint density at radius 2 is 2.09 bits per heavy atom. The third kappa shape index (κ3) is 4.32. The monoisotopic (exact) mass is 158 g/mol. The largest absolute Gasteiger partial charge is 0.320 e. The zero-order chi connectivity index (χ0) is 8.85. The number of rotatable bonds is 4. The van der Waals surface area contributed by atoms with E-state index in [0.717, 1.165) is 0 Å². The first-order valence-electron chi connectivity index (χ1n) is 3.20. The molecular weight excluding hydrogens is 148 g/mol. The summed E-state index contributed by atoms with van der Waals surface area (Å²) in [6.07, 6.45) is 0.405. The van der Waals surface area contributed by atoms with Gasteiger partial charge in [-0.15, -0.1) is 4.91 Å². The van der Waals surface area contributed by atoms with E-state index in [4.69, 9.17) is 5.73 Å². The minimum atomic E-state index is -0.920. The molecule has 0 aromatic heterocycles. The summed E-state index contributed by atoms with van der Waals surface area (Å²) in [6, 6.07) is -0.920. The van der Waals surface area contributed by atoms with Crippen molar-refractivity contribution in [3.8, 4) is 0 Å². The minimum Gasteiger partial charge on any atom is -0.320 e. The summed E-state index contributed by atoms with van der Waals surface area (Å²) in [7, 11) is 0. The third-order valence-electron chi connectivity index (χ3n) is 1.21. The lowest BCUT2D eigenvalue weighted by Crippen LogP contribution is -2.29. The van der Waals surface area contributed by atoms with Crippen LogP contribution in [0.4, 0.5) is 0 Å². The molecule has 5 nitrogen and oxygen atoms in total. The maximum Gasteiger partial charge on any atom is 0.302 e. The van der Waals surface area contributed by atoms with Crippen LogP contribution in [0.3, 0.4) is 0 Å². The van der Waals surface area contributed by atoms with E-state index in [1.807, 2.05) is 0 Å². The van der Waals surface area contributed by atoms with E-state index in [1.165, 1.54) is 6.92 Å². The fraction of sp³-hybridized carbons (Fsp3) is 0.667. The predicted octanol–water partition coefficient (Wildman–Crippen LogP) is -0.0241. The van der Waals surface area contributed by atoms with Crippen molar-refractivity contribution < 1.29 is 9.59 Å². The summed E-state index contributed by atoms with van der Waals surface area (Å²) in [6.45, 7) is 1.39. The second-order valence-corrected chi connectivity index (χ2v) is 2.28. The normalized spacial score (nSPS) is 12.2. The summed E-state index contributed by atoms with van der Waals surface area (Å²) in [5.74, 6) is -0.953. The van der Waals surface area contributed by atoms with Crippen molar-refractivity contribution in [1.82, 2.24) is 0 Å². The third-order valence-corrected chi connectivity index (χ3v) is 1.21. The first-order valence-corrected chi connectivity index (χ1v) is 3.20. The van der Waals surface area contributed by atoms with E-state index < -0.39 is 11.9 Å². The maximum atomic E-state index is 10.4. The Morgan fingerprint density at radius 1 is 1.55 bits per heavy atom. The lowest BCUT2D eigenvalue weighted by molar-refractivity contribution is -0.119. The first-order chi connectivity index (χ1) is 5.07. The Hall–Kier alpha value is -1.10. The Labute approximate surface area is 63.9 Å². The molecule has 2 N–H and O–H groups in total. The lowest BCUT2D eigenvalue weighted by Gasteiger charge is -2.01. The van der Waals surface area contributed by atoms with Gasteiger partial charge in [0.1, 0.15) is 5.78 Å². The molecule has 0 heterocycles. The molecule has 0 fully saturated rings. The number of nitrogens with two attached hydrogens (primary N) is 1. The average molecular weight is 158 g/mol. The van der Waals surface area contributed by atoms with Gasteiger partial charge in [-0.2, -0.15) is 0 Å². The van der Waals surface area contributed by atoms with Crippen LogP contribution in [0.5, 0.6) is 0 Å². The molecule has 0 bridgehead atoms. The quantitative estimate of drug-likeness (QED) is 0.582. The molecule has 0 aromatic carbocycles. The van der Waals surface area contributed by atoms with Crippen LogP contribution in [0.2, 0.25) is 0 Å². The van der Waals surface area contributed by atoms with Crippen LogP contribution in [0.1, 0.15) is 19.8 Å². The molecule has 0 aromatic rings. The number of Topliss-reactive ketones (excluding diaryl/α,β-unsaturated/α-hetero) is 1. The van der Waals surface area contributed by atoms with Gasteiger partial charge in [0.05, 0.1) is 6.04 Å². The molecule has 1 unspecified atom stereocenters. The standard InChI is InChI=1S/C6H10N2O3/c1-4(9)2-3-5(7)6(10)8-11/h5H,2-3,7H2,1H3. The van der Waals surface area contributed by atoms with Gasteiger partial charge < -0.3 is 10.5 Å². The second-order valence-electron chi connectivity index (χ2n) is 2.28. The Morgan fingerprint density at radius 3 is 2.45 bits per heavy atom. The second kappa shape index (κ2) is 4.68. The number of amides is 1. The molecule has 0 radical (unpaired) electrons. The van der Waals surface area contributed by atoms with E-state index in [2.05, 4.69) is 5.18 Å². The number of hydrogen-bond acceptors (Lipinski definition) is 4. The molecule has 0 spiro atoms. The van der Waals surface area contributed by atoms with Crippen molar-refractivity contribution in [1.29, 1.82) is 0 Å². The fourth-order valence-corrected chi connectivity index (χ4v) is 0.550. The van der Waals surface area contributed by atoms with Crippen molar-refractivity contribution in [3.05, 3.63) is 4.91 Å². The highest BCUT2D eigenvalue weighted by atomic mass is 16.3. The van der Waals surface area contributed by atoms with Crippen molar-refractivity contribution in [2.45, 2.75) is 25.8 Å². The molecule has 0 saturated carbocycles. The van der Waals surface area contributed by atoms with Crippen molar-refractivity contribution in [2.24, 2.45) is 10.9 Å². The number of carbonyl (C=O) groups is 2. The highest BCUT2D eigenvalue weighted by Gasteiger charge is 2.13. The van der Waals surface area contributed by atoms with Gasteiger partial charge in [0.25, 0.3) is 0 Å². The summed E-state index contributed by atoms with van der Waals surface area (Å²) >= 11 is 0. The SMILES string of the molecule is CC(=O)CCC(N)C(=O)N=O. The lowest BCUT2D eigenvalue weighted by atomic mass is 10.1. The van der Waals surface area contributed by atoms with E-state index in [1.54, 1.807) is 0 Å². The number of nitrogens with zero attached hydrogens (tertiary/aromatic N) is 1. The molecule has 62 valence electrons. The first kappa shape index (κ1) is 9.90. The van der Waals surface area contributed by atoms with Gasteiger partial charge in [-0.3, -0.25) is 4.79 Å². The number of nitroso groups, excluding NO2 is 1. The molecular formula is C6H10N2O3. The van der Waals surface area contributed by atoms with Crippen molar-refractivity contribution in [3.63, 3.8) is 0 Å². The molecule has 1 amide bonds. The van der Waals surface area contributed by atoms with Crippen LogP contribution in [0.25, 0.3) is 0 Å². The van der Waals surface area contributed by atoms with E-state index in [9.17, 15) is 14.5 Å². The molecule has 5 heteroatoms. The summed E-state index contributed by atoms with van der Waals surface area (Å²) in [5.41, 5.74) is 5.18. The van der Waals surface area contributed by atoms with Crippen LogP contribution in [-0.2, 0) is 9.59 Å². The van der Waals surface area contributed by atoms with Gasteiger partial charge in [-0.05, 0) is 13.3 Å². The smallest absolute Gasteiger partial charge is 0.302 e. The minimum absolute atomic E-state index is 0.0563. The van der Waals surface area contributed by atoms with Gasteiger partial charge in [0, 0.05) is 11.6 Å².